The Labute approximate surface area is 211 Å². The molecule has 0 fully saturated rings. The average molecular weight is 526 g/mol. The van der Waals surface area contributed by atoms with Gasteiger partial charge < -0.3 is 15.2 Å². The maximum atomic E-state index is 13.0. The van der Waals surface area contributed by atoms with Gasteiger partial charge in [0.15, 0.2) is 5.75 Å². The van der Waals surface area contributed by atoms with E-state index in [2.05, 4.69) is 15.5 Å². The number of nitrogens with one attached hydrogen (secondary N) is 1. The van der Waals surface area contributed by atoms with Crippen molar-refractivity contribution in [2.75, 3.05) is 12.4 Å². The monoisotopic (exact) mass is 525 g/mol. The molecular formula is C25H20ClN3O6S. The van der Waals surface area contributed by atoms with Gasteiger partial charge in [0.1, 0.15) is 16.3 Å². The number of methoxy groups -OCH3 is 1. The Morgan fingerprint density at radius 3 is 2.39 bits per heavy atom. The lowest BCUT2D eigenvalue weighted by Crippen LogP contribution is -2.12. The van der Waals surface area contributed by atoms with Crippen LogP contribution in [-0.2, 0) is 10.1 Å². The number of hydrogen-bond acceptors (Lipinski definition) is 7. The fourth-order valence-corrected chi connectivity index (χ4v) is 4.63. The van der Waals surface area contributed by atoms with Crippen molar-refractivity contribution in [2.24, 2.45) is 10.2 Å². The van der Waals surface area contributed by atoms with Gasteiger partial charge in [0.25, 0.3) is 16.0 Å². The Balaban J connectivity index is 1.79. The summed E-state index contributed by atoms with van der Waals surface area (Å²) in [6.07, 6.45) is 0. The highest BCUT2D eigenvalue weighted by Crippen LogP contribution is 2.40. The zero-order chi connectivity index (χ0) is 26.0. The van der Waals surface area contributed by atoms with Crippen LogP contribution in [0, 0.1) is 6.92 Å². The third kappa shape index (κ3) is 5.15. The number of benzene rings is 4. The van der Waals surface area contributed by atoms with Crippen LogP contribution < -0.4 is 10.1 Å². The maximum absolute atomic E-state index is 13.0. The second-order valence-electron chi connectivity index (χ2n) is 7.75. The highest BCUT2D eigenvalue weighted by molar-refractivity contribution is 7.85. The lowest BCUT2D eigenvalue weighted by Gasteiger charge is -2.12. The molecule has 0 aliphatic rings. The van der Waals surface area contributed by atoms with Crippen molar-refractivity contribution in [3.63, 3.8) is 0 Å². The summed E-state index contributed by atoms with van der Waals surface area (Å²) in [5.41, 5.74) is 0.624. The number of ether oxygens (including phenoxy) is 1. The molecule has 36 heavy (non-hydrogen) atoms. The van der Waals surface area contributed by atoms with Crippen molar-refractivity contribution in [1.29, 1.82) is 0 Å². The number of phenolic OH excluding ortho intramolecular Hbond substituents is 1. The number of phenols is 1. The Kier molecular flexibility index (Phi) is 6.93. The predicted molar refractivity (Wildman–Crippen MR) is 137 cm³/mol. The van der Waals surface area contributed by atoms with Crippen LogP contribution in [0.15, 0.2) is 81.9 Å². The van der Waals surface area contributed by atoms with Crippen molar-refractivity contribution >= 4 is 55.5 Å². The van der Waals surface area contributed by atoms with Crippen LogP contribution in [0.5, 0.6) is 11.5 Å². The minimum Gasteiger partial charge on any atom is -0.505 e. The van der Waals surface area contributed by atoms with E-state index in [-0.39, 0.29) is 27.5 Å². The van der Waals surface area contributed by atoms with Crippen LogP contribution >= 0.6 is 11.6 Å². The third-order valence-corrected chi connectivity index (χ3v) is 6.62. The molecule has 11 heteroatoms. The van der Waals surface area contributed by atoms with E-state index >= 15 is 0 Å². The largest absolute Gasteiger partial charge is 0.505 e. The molecule has 0 bridgehead atoms. The van der Waals surface area contributed by atoms with E-state index in [0.717, 1.165) is 6.07 Å². The normalized spacial score (nSPS) is 11.7. The first-order valence-electron chi connectivity index (χ1n) is 10.5. The van der Waals surface area contributed by atoms with E-state index in [1.54, 1.807) is 48.5 Å². The fourth-order valence-electron chi connectivity index (χ4n) is 3.58. The molecule has 1 amide bonds. The van der Waals surface area contributed by atoms with E-state index in [1.807, 2.05) is 0 Å². The van der Waals surface area contributed by atoms with Crippen LogP contribution in [0.1, 0.15) is 15.9 Å². The van der Waals surface area contributed by atoms with Crippen molar-refractivity contribution in [3.05, 3.63) is 82.9 Å². The smallest absolute Gasteiger partial charge is 0.294 e. The summed E-state index contributed by atoms with van der Waals surface area (Å²) in [5.74, 6) is -0.372. The minimum absolute atomic E-state index is 0.000706. The van der Waals surface area contributed by atoms with Crippen molar-refractivity contribution < 1.29 is 27.6 Å². The van der Waals surface area contributed by atoms with Crippen molar-refractivity contribution in [2.45, 2.75) is 11.8 Å². The van der Waals surface area contributed by atoms with E-state index in [9.17, 15) is 22.9 Å². The number of aromatic hydroxyl groups is 1. The molecule has 0 saturated heterocycles. The molecule has 0 saturated carbocycles. The zero-order valence-electron chi connectivity index (χ0n) is 19.1. The van der Waals surface area contributed by atoms with Gasteiger partial charge in [-0.1, -0.05) is 35.9 Å². The molecule has 0 aliphatic carbocycles. The second kappa shape index (κ2) is 9.94. The number of fused-ring (bicyclic) bond motifs is 1. The average Bonchev–Trinajstić information content (AvgIpc) is 2.84. The molecule has 9 nitrogen and oxygen atoms in total. The Bertz CT molecular complexity index is 1620. The van der Waals surface area contributed by atoms with Gasteiger partial charge in [-0.3, -0.25) is 9.35 Å². The Hall–Kier alpha value is -3.99. The summed E-state index contributed by atoms with van der Waals surface area (Å²) in [6.45, 7) is 1.43. The first kappa shape index (κ1) is 25.1. The summed E-state index contributed by atoms with van der Waals surface area (Å²) >= 11 is 6.01. The summed E-state index contributed by atoms with van der Waals surface area (Å²) < 4.78 is 38.0. The number of azo groups is 1. The van der Waals surface area contributed by atoms with Crippen LogP contribution in [-0.4, -0.2) is 31.1 Å². The number of anilines is 1. The van der Waals surface area contributed by atoms with Crippen molar-refractivity contribution in [3.8, 4) is 11.5 Å². The molecule has 3 N–H and O–H groups in total. The molecule has 0 aliphatic heterocycles. The number of carbonyl (C=O) groups is 1. The summed E-state index contributed by atoms with van der Waals surface area (Å²) in [6, 6.07) is 17.6. The molecule has 0 aromatic heterocycles. The van der Waals surface area contributed by atoms with E-state index in [1.165, 1.54) is 26.2 Å². The minimum atomic E-state index is -4.55. The topological polar surface area (TPSA) is 138 Å². The standard InChI is InChI=1S/C25H20ClN3O6S/c1-14-21(12-16(26)13-22(14)36(32,33)34)28-29-23-19-6-4-3-5-15(19)11-20(24(23)30)25(31)27-17-7-9-18(35-2)10-8-17/h3-13,30H,1-2H3,(H,27,31)(H,32,33,34). The van der Waals surface area contributed by atoms with E-state index in [0.29, 0.717) is 22.2 Å². The van der Waals surface area contributed by atoms with Crippen molar-refractivity contribution in [1.82, 2.24) is 0 Å². The van der Waals surface area contributed by atoms with Gasteiger partial charge in [0.05, 0.1) is 18.4 Å². The second-order valence-corrected chi connectivity index (χ2v) is 9.57. The highest BCUT2D eigenvalue weighted by Gasteiger charge is 2.20. The van der Waals surface area contributed by atoms with Gasteiger partial charge in [0, 0.05) is 16.1 Å². The number of hydrogen-bond donors (Lipinski definition) is 3. The highest BCUT2D eigenvalue weighted by atomic mass is 35.5. The molecule has 0 spiro atoms. The Morgan fingerprint density at radius 1 is 1.03 bits per heavy atom. The molecule has 4 rings (SSSR count). The lowest BCUT2D eigenvalue weighted by atomic mass is 10.0. The number of rotatable bonds is 6. The van der Waals surface area contributed by atoms with Gasteiger partial charge in [-0.25, -0.2) is 0 Å². The van der Waals surface area contributed by atoms with Crippen LogP contribution in [0.2, 0.25) is 5.02 Å². The number of halogens is 1. The number of carbonyl (C=O) groups excluding carboxylic acids is 1. The molecule has 0 heterocycles. The van der Waals surface area contributed by atoms with Crippen LogP contribution in [0.3, 0.4) is 0 Å². The summed E-state index contributed by atoms with van der Waals surface area (Å²) in [5, 5.41) is 23.1. The van der Waals surface area contributed by atoms with Gasteiger partial charge in [-0.15, -0.1) is 5.11 Å². The molecule has 4 aromatic rings. The maximum Gasteiger partial charge on any atom is 0.294 e. The van der Waals surface area contributed by atoms with Gasteiger partial charge in [-0.2, -0.15) is 13.5 Å². The van der Waals surface area contributed by atoms with Crippen LogP contribution in [0.25, 0.3) is 10.8 Å². The van der Waals surface area contributed by atoms with Gasteiger partial charge >= 0.3 is 0 Å². The molecular weight excluding hydrogens is 506 g/mol. The molecule has 0 radical (unpaired) electrons. The third-order valence-electron chi connectivity index (χ3n) is 5.42. The zero-order valence-corrected chi connectivity index (χ0v) is 20.6. The molecule has 4 aromatic carbocycles. The first-order chi connectivity index (χ1) is 17.1. The quantitative estimate of drug-likeness (QED) is 0.196. The molecule has 0 atom stereocenters. The van der Waals surface area contributed by atoms with Crippen LogP contribution in [0.4, 0.5) is 17.1 Å². The Morgan fingerprint density at radius 2 is 1.72 bits per heavy atom. The predicted octanol–water partition coefficient (Wildman–Crippen LogP) is 6.43. The van der Waals surface area contributed by atoms with E-state index in [4.69, 9.17) is 16.3 Å². The van der Waals surface area contributed by atoms with Gasteiger partial charge in [0.2, 0.25) is 0 Å². The summed E-state index contributed by atoms with van der Waals surface area (Å²) in [4.78, 5) is 12.6. The summed E-state index contributed by atoms with van der Waals surface area (Å²) in [7, 11) is -3.02. The lowest BCUT2D eigenvalue weighted by molar-refractivity contribution is 0.102. The fraction of sp³-hybridized carbons (Fsp3) is 0.0800. The molecule has 0 unspecified atom stereocenters. The molecule has 184 valence electrons. The SMILES string of the molecule is COc1ccc(NC(=O)c2cc3ccccc3c(N=Nc3cc(Cl)cc(S(=O)(=O)O)c3C)c2O)cc1. The number of amides is 1. The first-order valence-corrected chi connectivity index (χ1v) is 12.3. The van der Waals surface area contributed by atoms with E-state index < -0.39 is 26.7 Å². The number of nitrogens with zero attached hydrogens (tertiary/aromatic N) is 2. The van der Waals surface area contributed by atoms with Gasteiger partial charge in [-0.05, 0) is 60.3 Å².